The number of alkyl halides is 3. The minimum absolute atomic E-state index is 0.454. The smallest absolute Gasteiger partial charge is 0.416 e. The minimum Gasteiger partial charge on any atom is -0.497 e. The molecule has 0 spiro atoms. The standard InChI is InChI=1S/C22H18F3N3O/c1-28(18-7-3-16(4-8-18)22(23,24)25)19-9-5-17(6-10-19)27-21-12-11-20(29-2)13-15(21)14-26/h3-13,27H,1-2H3. The molecule has 3 aromatic carbocycles. The molecule has 0 saturated heterocycles. The van der Waals surface area contributed by atoms with E-state index in [-0.39, 0.29) is 0 Å². The van der Waals surface area contributed by atoms with Gasteiger partial charge in [0.05, 0.1) is 23.9 Å². The van der Waals surface area contributed by atoms with E-state index in [1.54, 1.807) is 30.1 Å². The van der Waals surface area contributed by atoms with Gasteiger partial charge in [0.2, 0.25) is 0 Å². The molecule has 3 rings (SSSR count). The molecule has 0 heterocycles. The van der Waals surface area contributed by atoms with Crippen molar-refractivity contribution in [2.24, 2.45) is 0 Å². The Kier molecular flexibility index (Phi) is 5.64. The summed E-state index contributed by atoms with van der Waals surface area (Å²) in [6, 6.07) is 19.7. The molecule has 0 aliphatic carbocycles. The summed E-state index contributed by atoms with van der Waals surface area (Å²) in [5.74, 6) is 0.598. The average molecular weight is 397 g/mol. The Hall–Kier alpha value is -3.66. The fraction of sp³-hybridized carbons (Fsp3) is 0.136. The lowest BCUT2D eigenvalue weighted by atomic mass is 10.1. The maximum Gasteiger partial charge on any atom is 0.416 e. The predicted octanol–water partition coefficient (Wildman–Crippen LogP) is 6.10. The zero-order valence-electron chi connectivity index (χ0n) is 15.8. The summed E-state index contributed by atoms with van der Waals surface area (Å²) in [4.78, 5) is 1.79. The fourth-order valence-corrected chi connectivity index (χ4v) is 2.80. The van der Waals surface area contributed by atoms with Crippen LogP contribution in [-0.2, 0) is 6.18 Å². The van der Waals surface area contributed by atoms with Gasteiger partial charge in [-0.3, -0.25) is 0 Å². The normalized spacial score (nSPS) is 10.9. The number of rotatable bonds is 5. The average Bonchev–Trinajstić information content (AvgIpc) is 2.73. The minimum atomic E-state index is -4.35. The van der Waals surface area contributed by atoms with Crippen molar-refractivity contribution < 1.29 is 17.9 Å². The van der Waals surface area contributed by atoms with E-state index in [9.17, 15) is 18.4 Å². The van der Waals surface area contributed by atoms with Gasteiger partial charge in [0.15, 0.2) is 0 Å². The predicted molar refractivity (Wildman–Crippen MR) is 107 cm³/mol. The van der Waals surface area contributed by atoms with Crippen LogP contribution in [-0.4, -0.2) is 14.2 Å². The Labute approximate surface area is 166 Å². The van der Waals surface area contributed by atoms with E-state index in [1.165, 1.54) is 19.2 Å². The molecule has 3 aromatic rings. The molecule has 0 aliphatic heterocycles. The quantitative estimate of drug-likeness (QED) is 0.565. The molecule has 1 N–H and O–H groups in total. The second-order valence-corrected chi connectivity index (χ2v) is 6.30. The van der Waals surface area contributed by atoms with Crippen LogP contribution in [0.2, 0.25) is 0 Å². The van der Waals surface area contributed by atoms with Gasteiger partial charge >= 0.3 is 6.18 Å². The van der Waals surface area contributed by atoms with Gasteiger partial charge in [0, 0.05) is 24.1 Å². The van der Waals surface area contributed by atoms with Crippen molar-refractivity contribution >= 4 is 22.7 Å². The van der Waals surface area contributed by atoms with Gasteiger partial charge in [-0.05, 0) is 66.7 Å². The molecular formula is C22H18F3N3O. The van der Waals surface area contributed by atoms with E-state index in [0.29, 0.717) is 22.7 Å². The summed E-state index contributed by atoms with van der Waals surface area (Å²) in [6.45, 7) is 0. The number of halogens is 3. The molecule has 0 amide bonds. The maximum atomic E-state index is 12.7. The van der Waals surface area contributed by atoms with Crippen molar-refractivity contribution in [3.05, 3.63) is 77.9 Å². The van der Waals surface area contributed by atoms with Crippen molar-refractivity contribution in [3.63, 3.8) is 0 Å². The van der Waals surface area contributed by atoms with Crippen LogP contribution < -0.4 is 15.0 Å². The third-order valence-corrected chi connectivity index (χ3v) is 4.46. The first-order valence-electron chi connectivity index (χ1n) is 8.68. The molecule has 0 fully saturated rings. The van der Waals surface area contributed by atoms with Crippen molar-refractivity contribution in [1.29, 1.82) is 5.26 Å². The number of nitrogens with one attached hydrogen (secondary N) is 1. The first-order valence-corrected chi connectivity index (χ1v) is 8.68. The van der Waals surface area contributed by atoms with Gasteiger partial charge in [-0.2, -0.15) is 18.4 Å². The summed E-state index contributed by atoms with van der Waals surface area (Å²) < 4.78 is 43.3. The van der Waals surface area contributed by atoms with Gasteiger partial charge in [-0.25, -0.2) is 0 Å². The first kappa shape index (κ1) is 20.1. The van der Waals surface area contributed by atoms with Crippen molar-refractivity contribution in [2.75, 3.05) is 24.4 Å². The number of hydrogen-bond donors (Lipinski definition) is 1. The van der Waals surface area contributed by atoms with E-state index in [2.05, 4.69) is 11.4 Å². The van der Waals surface area contributed by atoms with Crippen molar-refractivity contribution in [1.82, 2.24) is 0 Å². The second-order valence-electron chi connectivity index (χ2n) is 6.30. The summed E-state index contributed by atoms with van der Waals surface area (Å²) in [7, 11) is 3.32. The third-order valence-electron chi connectivity index (χ3n) is 4.46. The highest BCUT2D eigenvalue weighted by atomic mass is 19.4. The van der Waals surface area contributed by atoms with E-state index in [0.717, 1.165) is 23.5 Å². The van der Waals surface area contributed by atoms with E-state index >= 15 is 0 Å². The van der Waals surface area contributed by atoms with Crippen LogP contribution in [0.25, 0.3) is 0 Å². The summed E-state index contributed by atoms with van der Waals surface area (Å²) in [5.41, 5.74) is 2.65. The highest BCUT2D eigenvalue weighted by molar-refractivity contribution is 5.70. The maximum absolute atomic E-state index is 12.7. The summed E-state index contributed by atoms with van der Waals surface area (Å²) in [6.07, 6.45) is -4.35. The molecule has 4 nitrogen and oxygen atoms in total. The number of ether oxygens (including phenoxy) is 1. The Morgan fingerprint density at radius 3 is 2.03 bits per heavy atom. The van der Waals surface area contributed by atoms with Crippen LogP contribution in [0.3, 0.4) is 0 Å². The Balaban J connectivity index is 1.76. The number of methoxy groups -OCH3 is 1. The first-order chi connectivity index (χ1) is 13.8. The van der Waals surface area contributed by atoms with Gasteiger partial charge < -0.3 is 15.0 Å². The molecule has 0 bridgehead atoms. The summed E-state index contributed by atoms with van der Waals surface area (Å²) in [5, 5.41) is 12.5. The van der Waals surface area contributed by atoms with E-state index in [4.69, 9.17) is 4.74 Å². The number of nitrogens with zero attached hydrogens (tertiary/aromatic N) is 2. The van der Waals surface area contributed by atoms with Gasteiger partial charge in [0.25, 0.3) is 0 Å². The third kappa shape index (κ3) is 4.61. The summed E-state index contributed by atoms with van der Waals surface area (Å²) >= 11 is 0. The zero-order chi connectivity index (χ0) is 21.0. The Morgan fingerprint density at radius 2 is 1.52 bits per heavy atom. The van der Waals surface area contributed by atoms with Crippen LogP contribution in [0.4, 0.5) is 35.9 Å². The molecule has 148 valence electrons. The molecular weight excluding hydrogens is 379 g/mol. The molecule has 0 aliphatic rings. The molecule has 0 aromatic heterocycles. The molecule has 0 atom stereocenters. The van der Waals surface area contributed by atoms with Crippen LogP contribution in [0.1, 0.15) is 11.1 Å². The molecule has 0 unspecified atom stereocenters. The number of benzene rings is 3. The lowest BCUT2D eigenvalue weighted by Gasteiger charge is -2.20. The van der Waals surface area contributed by atoms with Crippen molar-refractivity contribution in [2.45, 2.75) is 6.18 Å². The van der Waals surface area contributed by atoms with Crippen LogP contribution >= 0.6 is 0 Å². The largest absolute Gasteiger partial charge is 0.497 e. The highest BCUT2D eigenvalue weighted by Crippen LogP contribution is 2.32. The number of anilines is 4. The van der Waals surface area contributed by atoms with Gasteiger partial charge in [0.1, 0.15) is 11.8 Å². The zero-order valence-corrected chi connectivity index (χ0v) is 15.8. The number of nitriles is 1. The van der Waals surface area contributed by atoms with E-state index in [1.807, 2.05) is 24.3 Å². The SMILES string of the molecule is COc1ccc(Nc2ccc(N(C)c3ccc(C(F)(F)F)cc3)cc2)c(C#N)c1. The van der Waals surface area contributed by atoms with Crippen LogP contribution in [0.15, 0.2) is 66.7 Å². The van der Waals surface area contributed by atoms with Crippen LogP contribution in [0.5, 0.6) is 5.75 Å². The number of hydrogen-bond acceptors (Lipinski definition) is 4. The Morgan fingerprint density at radius 1 is 0.931 bits per heavy atom. The molecule has 29 heavy (non-hydrogen) atoms. The fourth-order valence-electron chi connectivity index (χ4n) is 2.80. The molecule has 7 heteroatoms. The lowest BCUT2D eigenvalue weighted by Crippen LogP contribution is -2.10. The van der Waals surface area contributed by atoms with Crippen molar-refractivity contribution in [3.8, 4) is 11.8 Å². The van der Waals surface area contributed by atoms with E-state index < -0.39 is 11.7 Å². The van der Waals surface area contributed by atoms with Crippen LogP contribution in [0, 0.1) is 11.3 Å². The van der Waals surface area contributed by atoms with Gasteiger partial charge in [-0.15, -0.1) is 0 Å². The highest BCUT2D eigenvalue weighted by Gasteiger charge is 2.30. The second kappa shape index (κ2) is 8.15. The van der Waals surface area contributed by atoms with Gasteiger partial charge in [-0.1, -0.05) is 0 Å². The topological polar surface area (TPSA) is 48.3 Å². The molecule has 0 radical (unpaired) electrons. The Bertz CT molecular complexity index is 1020. The monoisotopic (exact) mass is 397 g/mol. The lowest BCUT2D eigenvalue weighted by molar-refractivity contribution is -0.137. The molecule has 0 saturated carbocycles.